The molecule has 0 aromatic carbocycles. The summed E-state index contributed by atoms with van der Waals surface area (Å²) < 4.78 is 1.68. The van der Waals surface area contributed by atoms with Crippen molar-refractivity contribution in [1.29, 1.82) is 0 Å². The highest BCUT2D eigenvalue weighted by atomic mass is 16.6. The number of nitrogens with two attached hydrogens (primary N) is 1. The van der Waals surface area contributed by atoms with E-state index in [0.717, 1.165) is 12.8 Å². The molecule has 0 aliphatic heterocycles. The molecule has 0 aliphatic carbocycles. The summed E-state index contributed by atoms with van der Waals surface area (Å²) >= 11 is 0. The van der Waals surface area contributed by atoms with Crippen molar-refractivity contribution in [3.05, 3.63) is 21.5 Å². The van der Waals surface area contributed by atoms with E-state index in [2.05, 4.69) is 12.0 Å². The number of aryl methyl sites for hydroxylation is 2. The molecule has 1 aromatic heterocycles. The summed E-state index contributed by atoms with van der Waals surface area (Å²) in [5.41, 5.74) is 7.20. The van der Waals surface area contributed by atoms with Crippen LogP contribution < -0.4 is 5.73 Å². The van der Waals surface area contributed by atoms with Crippen molar-refractivity contribution >= 4 is 5.69 Å². The van der Waals surface area contributed by atoms with Crippen LogP contribution in [-0.2, 0) is 13.0 Å². The van der Waals surface area contributed by atoms with Gasteiger partial charge in [-0.25, -0.2) is 0 Å². The van der Waals surface area contributed by atoms with Crippen LogP contribution in [0, 0.1) is 17.0 Å². The first-order chi connectivity index (χ1) is 8.01. The molecule has 1 atom stereocenters. The molecule has 0 saturated carbocycles. The van der Waals surface area contributed by atoms with E-state index in [0.29, 0.717) is 24.4 Å². The lowest BCUT2D eigenvalue weighted by Gasteiger charge is -2.10. The molecule has 1 aromatic rings. The summed E-state index contributed by atoms with van der Waals surface area (Å²) in [4.78, 5) is 10.7. The maximum Gasteiger partial charge on any atom is 0.313 e. The second kappa shape index (κ2) is 5.77. The Balaban J connectivity index is 3.06. The van der Waals surface area contributed by atoms with Crippen LogP contribution in [0.15, 0.2) is 0 Å². The van der Waals surface area contributed by atoms with Gasteiger partial charge in [-0.2, -0.15) is 5.10 Å². The van der Waals surface area contributed by atoms with Crippen LogP contribution >= 0.6 is 0 Å². The number of aromatic nitrogens is 2. The Bertz CT molecular complexity index is 400. The molecule has 0 spiro atoms. The van der Waals surface area contributed by atoms with Crippen molar-refractivity contribution in [2.75, 3.05) is 0 Å². The normalized spacial score (nSPS) is 12.7. The Labute approximate surface area is 101 Å². The zero-order chi connectivity index (χ0) is 13.0. The predicted octanol–water partition coefficient (Wildman–Crippen LogP) is 1.79. The molecular weight excluding hydrogens is 220 g/mol. The van der Waals surface area contributed by atoms with Crippen LogP contribution in [0.3, 0.4) is 0 Å². The maximum atomic E-state index is 11.0. The fourth-order valence-electron chi connectivity index (χ4n) is 2.04. The average Bonchev–Trinajstić information content (AvgIpc) is 2.55. The molecule has 6 heteroatoms. The van der Waals surface area contributed by atoms with Crippen LogP contribution in [0.1, 0.15) is 38.1 Å². The van der Waals surface area contributed by atoms with E-state index >= 15 is 0 Å². The molecule has 1 rings (SSSR count). The Hall–Kier alpha value is -1.43. The van der Waals surface area contributed by atoms with Gasteiger partial charge in [-0.05, 0) is 20.3 Å². The Morgan fingerprint density at radius 2 is 2.18 bits per heavy atom. The van der Waals surface area contributed by atoms with Crippen molar-refractivity contribution in [3.8, 4) is 0 Å². The lowest BCUT2D eigenvalue weighted by atomic mass is 10.1. The highest BCUT2D eigenvalue weighted by Gasteiger charge is 2.25. The van der Waals surface area contributed by atoms with E-state index < -0.39 is 0 Å². The SMILES string of the molecule is CCCC(N)Cc1c([N+](=O)[O-])c(C)nn1CC. The standard InChI is InChI=1S/C11H20N4O2/c1-4-6-9(12)7-10-11(15(16)17)8(3)13-14(10)5-2/h9H,4-7,12H2,1-3H3. The Morgan fingerprint density at radius 1 is 1.53 bits per heavy atom. The first-order valence-electron chi connectivity index (χ1n) is 5.97. The third kappa shape index (κ3) is 3.03. The summed E-state index contributed by atoms with van der Waals surface area (Å²) in [5.74, 6) is 0. The van der Waals surface area contributed by atoms with E-state index in [9.17, 15) is 10.1 Å². The van der Waals surface area contributed by atoms with Crippen molar-refractivity contribution in [1.82, 2.24) is 9.78 Å². The minimum Gasteiger partial charge on any atom is -0.327 e. The van der Waals surface area contributed by atoms with E-state index in [1.807, 2.05) is 6.92 Å². The van der Waals surface area contributed by atoms with Gasteiger partial charge >= 0.3 is 5.69 Å². The number of rotatable bonds is 6. The zero-order valence-electron chi connectivity index (χ0n) is 10.6. The molecule has 0 aliphatic rings. The molecular formula is C11H20N4O2. The van der Waals surface area contributed by atoms with Crippen molar-refractivity contribution in [2.45, 2.75) is 52.6 Å². The van der Waals surface area contributed by atoms with E-state index in [1.54, 1.807) is 11.6 Å². The van der Waals surface area contributed by atoms with E-state index in [-0.39, 0.29) is 16.7 Å². The summed E-state index contributed by atoms with van der Waals surface area (Å²) in [7, 11) is 0. The summed E-state index contributed by atoms with van der Waals surface area (Å²) in [6.45, 7) is 6.27. The van der Waals surface area contributed by atoms with Crippen LogP contribution in [0.2, 0.25) is 0 Å². The number of hydrogen-bond acceptors (Lipinski definition) is 4. The first kappa shape index (κ1) is 13.6. The molecule has 2 N–H and O–H groups in total. The van der Waals surface area contributed by atoms with Gasteiger partial charge < -0.3 is 5.73 Å². The van der Waals surface area contributed by atoms with Crippen molar-refractivity contribution < 1.29 is 4.92 Å². The maximum absolute atomic E-state index is 11.0. The quantitative estimate of drug-likeness (QED) is 0.606. The van der Waals surface area contributed by atoms with Crippen LogP contribution in [-0.4, -0.2) is 20.7 Å². The molecule has 17 heavy (non-hydrogen) atoms. The zero-order valence-corrected chi connectivity index (χ0v) is 10.6. The van der Waals surface area contributed by atoms with Gasteiger partial charge in [-0.3, -0.25) is 14.8 Å². The highest BCUT2D eigenvalue weighted by molar-refractivity contribution is 5.41. The largest absolute Gasteiger partial charge is 0.327 e. The molecule has 6 nitrogen and oxygen atoms in total. The monoisotopic (exact) mass is 240 g/mol. The predicted molar refractivity (Wildman–Crippen MR) is 65.9 cm³/mol. The lowest BCUT2D eigenvalue weighted by Crippen LogP contribution is -2.24. The molecule has 0 fully saturated rings. The highest BCUT2D eigenvalue weighted by Crippen LogP contribution is 2.24. The minimum atomic E-state index is -0.359. The second-order valence-electron chi connectivity index (χ2n) is 4.21. The van der Waals surface area contributed by atoms with Gasteiger partial charge in [0.05, 0.1) is 4.92 Å². The van der Waals surface area contributed by atoms with Crippen LogP contribution in [0.25, 0.3) is 0 Å². The lowest BCUT2D eigenvalue weighted by molar-refractivity contribution is -0.386. The average molecular weight is 240 g/mol. The van der Waals surface area contributed by atoms with E-state index in [4.69, 9.17) is 5.73 Å². The Kier molecular flexibility index (Phi) is 4.62. The summed E-state index contributed by atoms with van der Waals surface area (Å²) in [6, 6.07) is -0.0416. The fraction of sp³-hybridized carbons (Fsp3) is 0.727. The molecule has 0 bridgehead atoms. The fourth-order valence-corrected chi connectivity index (χ4v) is 2.04. The van der Waals surface area contributed by atoms with Crippen LogP contribution in [0.5, 0.6) is 0 Å². The summed E-state index contributed by atoms with van der Waals surface area (Å²) in [6.07, 6.45) is 2.36. The van der Waals surface area contributed by atoms with Crippen LogP contribution in [0.4, 0.5) is 5.69 Å². The molecule has 0 saturated heterocycles. The molecule has 0 radical (unpaired) electrons. The second-order valence-corrected chi connectivity index (χ2v) is 4.21. The van der Waals surface area contributed by atoms with E-state index in [1.165, 1.54) is 0 Å². The van der Waals surface area contributed by atoms with Gasteiger partial charge in [0.1, 0.15) is 11.4 Å². The van der Waals surface area contributed by atoms with Crippen molar-refractivity contribution in [2.24, 2.45) is 5.73 Å². The Morgan fingerprint density at radius 3 is 2.65 bits per heavy atom. The number of nitro groups is 1. The number of nitrogens with zero attached hydrogens (tertiary/aromatic N) is 3. The van der Waals surface area contributed by atoms with Gasteiger partial charge in [0.15, 0.2) is 0 Å². The van der Waals surface area contributed by atoms with Gasteiger partial charge in [0, 0.05) is 19.0 Å². The third-order valence-corrected chi connectivity index (χ3v) is 2.80. The molecule has 0 amide bonds. The van der Waals surface area contributed by atoms with Gasteiger partial charge in [-0.15, -0.1) is 0 Å². The molecule has 1 unspecified atom stereocenters. The molecule has 96 valence electrons. The first-order valence-corrected chi connectivity index (χ1v) is 5.97. The summed E-state index contributed by atoms with van der Waals surface area (Å²) in [5, 5.41) is 15.2. The van der Waals surface area contributed by atoms with Gasteiger partial charge in [0.25, 0.3) is 0 Å². The minimum absolute atomic E-state index is 0.0416. The third-order valence-electron chi connectivity index (χ3n) is 2.80. The topological polar surface area (TPSA) is 87.0 Å². The number of hydrogen-bond donors (Lipinski definition) is 1. The van der Waals surface area contributed by atoms with Gasteiger partial charge in [-0.1, -0.05) is 13.3 Å². The molecule has 1 heterocycles. The van der Waals surface area contributed by atoms with Gasteiger partial charge in [0.2, 0.25) is 0 Å². The van der Waals surface area contributed by atoms with Crippen molar-refractivity contribution in [3.63, 3.8) is 0 Å². The smallest absolute Gasteiger partial charge is 0.313 e.